The van der Waals surface area contributed by atoms with Crippen molar-refractivity contribution in [2.24, 2.45) is 5.92 Å². The fourth-order valence-corrected chi connectivity index (χ4v) is 5.45. The lowest BCUT2D eigenvalue weighted by Crippen LogP contribution is -2.09. The Morgan fingerprint density at radius 3 is 2.17 bits per heavy atom. The monoisotopic (exact) mass is 552 g/mol. The highest BCUT2D eigenvalue weighted by molar-refractivity contribution is 5.68. The van der Waals surface area contributed by atoms with Crippen molar-refractivity contribution >= 4 is 5.57 Å². The van der Waals surface area contributed by atoms with Crippen LogP contribution < -0.4 is 4.74 Å². The first-order valence-corrected chi connectivity index (χ1v) is 14.7. The van der Waals surface area contributed by atoms with Gasteiger partial charge < -0.3 is 4.74 Å². The molecule has 5 heteroatoms. The summed E-state index contributed by atoms with van der Waals surface area (Å²) in [7, 11) is 0. The highest BCUT2D eigenvalue weighted by Crippen LogP contribution is 2.36. The number of allylic oxidation sites excluding steroid dienone is 2. The Balaban J connectivity index is 1.30. The van der Waals surface area contributed by atoms with Crippen molar-refractivity contribution < 1.29 is 22.3 Å². The van der Waals surface area contributed by atoms with E-state index in [1.165, 1.54) is 25.3 Å². The Bertz CT molecular complexity index is 1300. The summed E-state index contributed by atoms with van der Waals surface area (Å²) < 4.78 is 64.8. The van der Waals surface area contributed by atoms with Crippen LogP contribution in [-0.4, -0.2) is 6.61 Å². The Kier molecular flexibility index (Phi) is 10.9. The standard InChI is InChI=1S/C35H40F4O/c1-3-4-5-6-7-8-23-40-31-22-21-30(34(38)35(31)39)27-16-11-25(12-17-27)13-18-28-19-20-29(33(37)32(28)36)26-14-9-24(2)10-15-26/h9-10,14-16,19-22,25H,3-8,11-13,17-18,23H2,1-2H3. The number of rotatable bonds is 13. The molecule has 0 saturated carbocycles. The van der Waals surface area contributed by atoms with Gasteiger partial charge in [0.25, 0.3) is 0 Å². The van der Waals surface area contributed by atoms with E-state index in [1.807, 2.05) is 25.1 Å². The van der Waals surface area contributed by atoms with Crippen LogP contribution in [0.5, 0.6) is 5.75 Å². The quantitative estimate of drug-likeness (QED) is 0.151. The summed E-state index contributed by atoms with van der Waals surface area (Å²) in [6.07, 6.45) is 11.8. The second kappa shape index (κ2) is 14.5. The van der Waals surface area contributed by atoms with E-state index >= 15 is 0 Å². The van der Waals surface area contributed by atoms with Gasteiger partial charge in [-0.25, -0.2) is 13.2 Å². The first-order chi connectivity index (χ1) is 19.4. The van der Waals surface area contributed by atoms with E-state index in [0.29, 0.717) is 43.4 Å². The normalized spacial score (nSPS) is 15.2. The van der Waals surface area contributed by atoms with Gasteiger partial charge in [-0.05, 0) is 80.2 Å². The number of aryl methyl sites for hydroxylation is 2. The SMILES string of the molecule is CCCCCCCCOc1ccc(C2=CCC(CCc3ccc(-c4ccc(C)cc4)c(F)c3F)CC2)c(F)c1F. The molecule has 0 fully saturated rings. The number of ether oxygens (including phenoxy) is 1. The van der Waals surface area contributed by atoms with Gasteiger partial charge in [-0.3, -0.25) is 0 Å². The third kappa shape index (κ3) is 7.56. The molecular formula is C35H40F4O. The molecule has 40 heavy (non-hydrogen) atoms. The maximum absolute atomic E-state index is 14.9. The first-order valence-electron chi connectivity index (χ1n) is 14.7. The maximum Gasteiger partial charge on any atom is 0.201 e. The zero-order chi connectivity index (χ0) is 28.5. The van der Waals surface area contributed by atoms with Gasteiger partial charge in [-0.1, -0.05) is 87.1 Å². The zero-order valence-electron chi connectivity index (χ0n) is 23.7. The molecule has 1 nitrogen and oxygen atoms in total. The summed E-state index contributed by atoms with van der Waals surface area (Å²) in [4.78, 5) is 0. The van der Waals surface area contributed by atoms with Gasteiger partial charge in [-0.15, -0.1) is 0 Å². The average Bonchev–Trinajstić information content (AvgIpc) is 2.96. The molecule has 0 spiro atoms. The van der Waals surface area contributed by atoms with Gasteiger partial charge >= 0.3 is 0 Å². The molecular weight excluding hydrogens is 512 g/mol. The Morgan fingerprint density at radius 1 is 0.750 bits per heavy atom. The van der Waals surface area contributed by atoms with Gasteiger partial charge in [0, 0.05) is 11.1 Å². The largest absolute Gasteiger partial charge is 0.490 e. The molecule has 0 amide bonds. The molecule has 0 bridgehead atoms. The second-order valence-corrected chi connectivity index (χ2v) is 11.0. The summed E-state index contributed by atoms with van der Waals surface area (Å²) >= 11 is 0. The zero-order valence-corrected chi connectivity index (χ0v) is 23.7. The lowest BCUT2D eigenvalue weighted by atomic mass is 9.83. The minimum absolute atomic E-state index is 0.0354. The summed E-state index contributed by atoms with van der Waals surface area (Å²) in [5.41, 5.74) is 3.41. The van der Waals surface area contributed by atoms with Crippen LogP contribution in [0.15, 0.2) is 54.6 Å². The van der Waals surface area contributed by atoms with Crippen molar-refractivity contribution in [3.05, 3.63) is 94.6 Å². The van der Waals surface area contributed by atoms with Crippen molar-refractivity contribution in [2.45, 2.75) is 84.5 Å². The van der Waals surface area contributed by atoms with Gasteiger partial charge in [0.2, 0.25) is 5.82 Å². The van der Waals surface area contributed by atoms with Crippen molar-refractivity contribution in [3.63, 3.8) is 0 Å². The van der Waals surface area contributed by atoms with Crippen LogP contribution >= 0.6 is 0 Å². The van der Waals surface area contributed by atoms with E-state index in [4.69, 9.17) is 4.74 Å². The molecule has 1 unspecified atom stereocenters. The number of hydrogen-bond acceptors (Lipinski definition) is 1. The van der Waals surface area contributed by atoms with Gasteiger partial charge in [-0.2, -0.15) is 4.39 Å². The van der Waals surface area contributed by atoms with E-state index in [0.717, 1.165) is 36.8 Å². The molecule has 3 aromatic rings. The van der Waals surface area contributed by atoms with Crippen LogP contribution in [0.3, 0.4) is 0 Å². The predicted molar refractivity (Wildman–Crippen MR) is 155 cm³/mol. The summed E-state index contributed by atoms with van der Waals surface area (Å²) in [6.45, 7) is 4.50. The highest BCUT2D eigenvalue weighted by Gasteiger charge is 2.22. The Morgan fingerprint density at radius 2 is 1.45 bits per heavy atom. The highest BCUT2D eigenvalue weighted by atomic mass is 19.2. The molecule has 0 aliphatic heterocycles. The molecule has 214 valence electrons. The van der Waals surface area contributed by atoms with Crippen LogP contribution in [0.25, 0.3) is 16.7 Å². The summed E-state index contributed by atoms with van der Waals surface area (Å²) in [6, 6.07) is 13.8. The minimum atomic E-state index is -0.932. The van der Waals surface area contributed by atoms with Crippen molar-refractivity contribution in [1.29, 1.82) is 0 Å². The van der Waals surface area contributed by atoms with Gasteiger partial charge in [0.05, 0.1) is 6.61 Å². The molecule has 1 atom stereocenters. The van der Waals surface area contributed by atoms with Crippen LogP contribution in [-0.2, 0) is 6.42 Å². The first kappa shape index (κ1) is 29.9. The Labute approximate surface area is 236 Å². The number of benzene rings is 3. The van der Waals surface area contributed by atoms with Crippen LogP contribution in [0.4, 0.5) is 17.6 Å². The fraction of sp³-hybridized carbons (Fsp3) is 0.429. The van der Waals surface area contributed by atoms with Crippen molar-refractivity contribution in [3.8, 4) is 16.9 Å². The lowest BCUT2D eigenvalue weighted by molar-refractivity contribution is 0.284. The summed E-state index contributed by atoms with van der Waals surface area (Å²) in [5, 5.41) is 0. The number of unbranched alkanes of at least 4 members (excludes halogenated alkanes) is 5. The fourth-order valence-electron chi connectivity index (χ4n) is 5.45. The van der Waals surface area contributed by atoms with Gasteiger partial charge in [0.15, 0.2) is 23.2 Å². The van der Waals surface area contributed by atoms with E-state index < -0.39 is 23.3 Å². The molecule has 0 N–H and O–H groups in total. The number of hydrogen-bond donors (Lipinski definition) is 0. The van der Waals surface area contributed by atoms with E-state index in [2.05, 4.69) is 6.92 Å². The van der Waals surface area contributed by atoms with E-state index in [9.17, 15) is 17.6 Å². The molecule has 0 saturated heterocycles. The predicted octanol–water partition coefficient (Wildman–Crippen LogP) is 10.8. The molecule has 0 radical (unpaired) electrons. The molecule has 0 heterocycles. The third-order valence-electron chi connectivity index (χ3n) is 8.01. The maximum atomic E-state index is 14.9. The minimum Gasteiger partial charge on any atom is -0.490 e. The van der Waals surface area contributed by atoms with E-state index in [1.54, 1.807) is 30.3 Å². The lowest BCUT2D eigenvalue weighted by Gasteiger charge is -2.23. The van der Waals surface area contributed by atoms with Crippen LogP contribution in [0, 0.1) is 36.1 Å². The van der Waals surface area contributed by atoms with Crippen molar-refractivity contribution in [2.75, 3.05) is 6.61 Å². The topological polar surface area (TPSA) is 9.23 Å². The Hall–Kier alpha value is -3.08. The second-order valence-electron chi connectivity index (χ2n) is 11.0. The summed E-state index contributed by atoms with van der Waals surface area (Å²) in [5.74, 6) is -3.16. The number of halogens is 4. The molecule has 0 aromatic heterocycles. The van der Waals surface area contributed by atoms with E-state index in [-0.39, 0.29) is 22.8 Å². The van der Waals surface area contributed by atoms with Crippen LogP contribution in [0.1, 0.15) is 87.8 Å². The van der Waals surface area contributed by atoms with Gasteiger partial charge in [0.1, 0.15) is 0 Å². The molecule has 1 aliphatic carbocycles. The molecule has 3 aromatic carbocycles. The molecule has 1 aliphatic rings. The third-order valence-corrected chi connectivity index (χ3v) is 8.01. The average molecular weight is 553 g/mol. The molecule has 4 rings (SSSR count). The van der Waals surface area contributed by atoms with Crippen LogP contribution in [0.2, 0.25) is 0 Å². The smallest absolute Gasteiger partial charge is 0.201 e. The van der Waals surface area contributed by atoms with Crippen molar-refractivity contribution in [1.82, 2.24) is 0 Å².